The third kappa shape index (κ3) is 2.99. The number of hydrogen-bond acceptors (Lipinski definition) is 6. The molecule has 8 nitrogen and oxygen atoms in total. The van der Waals surface area contributed by atoms with Crippen LogP contribution in [0.25, 0.3) is 11.0 Å². The van der Waals surface area contributed by atoms with Crippen LogP contribution >= 0.6 is 11.5 Å². The summed E-state index contributed by atoms with van der Waals surface area (Å²) in [7, 11) is 2.18. The molecule has 146 valence electrons. The number of hydrogen-bond donors (Lipinski definition) is 2. The van der Waals surface area contributed by atoms with Gasteiger partial charge in [-0.15, -0.1) is 0 Å². The maximum Gasteiger partial charge on any atom is 0.323 e. The molecule has 0 radical (unpaired) electrons. The van der Waals surface area contributed by atoms with Gasteiger partial charge in [-0.3, -0.25) is 5.32 Å². The van der Waals surface area contributed by atoms with Gasteiger partial charge in [0.05, 0.1) is 0 Å². The minimum absolute atomic E-state index is 0.0568. The van der Waals surface area contributed by atoms with Crippen molar-refractivity contribution in [3.63, 3.8) is 0 Å². The quantitative estimate of drug-likeness (QED) is 0.709. The molecule has 1 aliphatic carbocycles. The molecule has 1 aliphatic heterocycles. The maximum atomic E-state index is 12.5. The van der Waals surface area contributed by atoms with Gasteiger partial charge in [-0.1, -0.05) is 0 Å². The highest BCUT2D eigenvalue weighted by Crippen LogP contribution is 2.41. The van der Waals surface area contributed by atoms with Crippen LogP contribution in [0.3, 0.4) is 0 Å². The van der Waals surface area contributed by atoms with Crippen LogP contribution in [-0.4, -0.2) is 56.4 Å². The van der Waals surface area contributed by atoms with Gasteiger partial charge in [0.15, 0.2) is 0 Å². The zero-order valence-corrected chi connectivity index (χ0v) is 16.7. The van der Waals surface area contributed by atoms with Crippen molar-refractivity contribution in [1.82, 2.24) is 24.2 Å². The molecule has 2 N–H and O–H groups in total. The summed E-state index contributed by atoms with van der Waals surface area (Å²) in [6.45, 7) is 3.45. The fourth-order valence-electron chi connectivity index (χ4n) is 4.72. The van der Waals surface area contributed by atoms with Crippen LogP contribution in [0.2, 0.25) is 0 Å². The predicted octanol–water partition coefficient (Wildman–Crippen LogP) is 3.10. The highest BCUT2D eigenvalue weighted by Gasteiger charge is 2.43. The summed E-state index contributed by atoms with van der Waals surface area (Å²) >= 11 is 1.23. The molecule has 3 aromatic heterocycles. The fourth-order valence-corrected chi connectivity index (χ4v) is 5.28. The zero-order chi connectivity index (χ0) is 19.3. The van der Waals surface area contributed by atoms with Crippen molar-refractivity contribution in [3.8, 4) is 0 Å². The molecular formula is C19H23N7OS. The number of aromatic nitrogens is 4. The normalized spacial score (nSPS) is 23.9. The smallest absolute Gasteiger partial charge is 0.323 e. The number of carbonyl (C=O) groups excluding carboxylic acids is 1. The highest BCUT2D eigenvalue weighted by atomic mass is 32.1. The SMILES string of the molecule is Cc1nsc(NC(=O)N2C[C@H]3C[C@@H](N(C)c4ccnc5[nH]ccc45)C[C@H]3C2)n1. The average molecular weight is 398 g/mol. The first-order valence-corrected chi connectivity index (χ1v) is 10.4. The number of aryl methyl sites for hydroxylation is 1. The Labute approximate surface area is 167 Å². The number of pyridine rings is 1. The van der Waals surface area contributed by atoms with E-state index in [1.165, 1.54) is 17.2 Å². The molecule has 9 heteroatoms. The first-order valence-electron chi connectivity index (χ1n) is 9.59. The van der Waals surface area contributed by atoms with E-state index < -0.39 is 0 Å². The lowest BCUT2D eigenvalue weighted by Gasteiger charge is -2.29. The topological polar surface area (TPSA) is 90.0 Å². The zero-order valence-electron chi connectivity index (χ0n) is 15.9. The van der Waals surface area contributed by atoms with Crippen LogP contribution in [-0.2, 0) is 0 Å². The van der Waals surface area contributed by atoms with Gasteiger partial charge >= 0.3 is 6.03 Å². The molecule has 1 saturated carbocycles. The van der Waals surface area contributed by atoms with Crippen LogP contribution in [0.4, 0.5) is 15.6 Å². The number of rotatable bonds is 3. The Kier molecular flexibility index (Phi) is 4.19. The molecule has 3 aromatic rings. The van der Waals surface area contributed by atoms with E-state index in [0.717, 1.165) is 37.0 Å². The minimum atomic E-state index is -0.0568. The number of nitrogens with one attached hydrogen (secondary N) is 2. The Bertz CT molecular complexity index is 1000. The van der Waals surface area contributed by atoms with Gasteiger partial charge in [-0.25, -0.2) is 14.8 Å². The molecule has 3 atom stereocenters. The molecule has 0 unspecified atom stereocenters. The van der Waals surface area contributed by atoms with Gasteiger partial charge < -0.3 is 14.8 Å². The molecule has 4 heterocycles. The van der Waals surface area contributed by atoms with E-state index >= 15 is 0 Å². The van der Waals surface area contributed by atoms with E-state index in [1.807, 2.05) is 24.2 Å². The van der Waals surface area contributed by atoms with Crippen molar-refractivity contribution in [3.05, 3.63) is 30.4 Å². The molecule has 2 amide bonds. The van der Waals surface area contributed by atoms with Crippen LogP contribution in [0.1, 0.15) is 18.7 Å². The first-order chi connectivity index (χ1) is 13.6. The Morgan fingerprint density at radius 2 is 2.11 bits per heavy atom. The number of likely N-dealkylation sites (tertiary alicyclic amines) is 1. The van der Waals surface area contributed by atoms with Crippen molar-refractivity contribution in [1.29, 1.82) is 0 Å². The minimum Gasteiger partial charge on any atom is -0.371 e. The standard InChI is InChI=1S/C19H23N7OS/c1-11-22-18(28-24-11)23-19(27)26-9-12-7-14(8-13(12)10-26)25(2)16-4-6-21-17-15(16)3-5-20-17/h3-6,12-14H,7-10H2,1-2H3,(H,20,21)(H,22,23,24,27)/t12-,13+,14-. The summed E-state index contributed by atoms with van der Waals surface area (Å²) in [6.07, 6.45) is 6.02. The molecule has 1 saturated heterocycles. The van der Waals surface area contributed by atoms with E-state index in [-0.39, 0.29) is 6.03 Å². The number of carbonyl (C=O) groups is 1. The van der Waals surface area contributed by atoms with Crippen LogP contribution in [0.15, 0.2) is 24.5 Å². The van der Waals surface area contributed by atoms with Crippen LogP contribution in [0, 0.1) is 18.8 Å². The van der Waals surface area contributed by atoms with Gasteiger partial charge in [0.2, 0.25) is 5.13 Å². The summed E-state index contributed by atoms with van der Waals surface area (Å²) in [5.74, 6) is 1.80. The average Bonchev–Trinajstić information content (AvgIpc) is 3.43. The van der Waals surface area contributed by atoms with Gasteiger partial charge in [-0.05, 0) is 43.7 Å². The highest BCUT2D eigenvalue weighted by molar-refractivity contribution is 7.09. The second-order valence-electron chi connectivity index (χ2n) is 7.81. The van der Waals surface area contributed by atoms with Crippen LogP contribution < -0.4 is 10.2 Å². The Morgan fingerprint density at radius 1 is 1.32 bits per heavy atom. The van der Waals surface area contributed by atoms with E-state index in [4.69, 9.17) is 0 Å². The Morgan fingerprint density at radius 3 is 2.82 bits per heavy atom. The number of urea groups is 1. The summed E-state index contributed by atoms with van der Waals surface area (Å²) in [5, 5.41) is 4.62. The third-order valence-corrected chi connectivity index (χ3v) is 6.84. The monoisotopic (exact) mass is 397 g/mol. The van der Waals surface area contributed by atoms with Crippen molar-refractivity contribution in [2.24, 2.45) is 11.8 Å². The Hall–Kier alpha value is -2.68. The number of aromatic amines is 1. The predicted molar refractivity (Wildman–Crippen MR) is 110 cm³/mol. The summed E-state index contributed by atoms with van der Waals surface area (Å²) < 4.78 is 4.11. The van der Waals surface area contributed by atoms with E-state index in [9.17, 15) is 4.79 Å². The molecule has 2 aliphatic rings. The van der Waals surface area contributed by atoms with Crippen molar-refractivity contribution >= 4 is 39.4 Å². The molecular weight excluding hydrogens is 374 g/mol. The summed E-state index contributed by atoms with van der Waals surface area (Å²) in [6, 6.07) is 4.62. The van der Waals surface area contributed by atoms with E-state index in [0.29, 0.717) is 28.8 Å². The lowest BCUT2D eigenvalue weighted by atomic mass is 10.0. The largest absolute Gasteiger partial charge is 0.371 e. The van der Waals surface area contributed by atoms with E-state index in [2.05, 4.69) is 48.7 Å². The molecule has 28 heavy (non-hydrogen) atoms. The third-order valence-electron chi connectivity index (χ3n) is 6.12. The maximum absolute atomic E-state index is 12.5. The number of amides is 2. The van der Waals surface area contributed by atoms with E-state index in [1.54, 1.807) is 0 Å². The number of anilines is 2. The van der Waals surface area contributed by atoms with Crippen molar-refractivity contribution in [2.45, 2.75) is 25.8 Å². The molecule has 5 rings (SSSR count). The molecule has 0 aromatic carbocycles. The second kappa shape index (κ2) is 6.73. The number of fused-ring (bicyclic) bond motifs is 2. The van der Waals surface area contributed by atoms with Crippen molar-refractivity contribution < 1.29 is 4.79 Å². The summed E-state index contributed by atoms with van der Waals surface area (Å²) in [5.41, 5.74) is 2.15. The number of H-pyrrole nitrogens is 1. The van der Waals surface area contributed by atoms with Crippen LogP contribution in [0.5, 0.6) is 0 Å². The second-order valence-corrected chi connectivity index (χ2v) is 8.56. The van der Waals surface area contributed by atoms with Gasteiger partial charge in [0, 0.05) is 61.2 Å². The van der Waals surface area contributed by atoms with Gasteiger partial charge in [0.1, 0.15) is 11.5 Å². The molecule has 0 bridgehead atoms. The van der Waals surface area contributed by atoms with Gasteiger partial charge in [0.25, 0.3) is 0 Å². The fraction of sp³-hybridized carbons (Fsp3) is 0.474. The first kappa shape index (κ1) is 17.4. The lowest BCUT2D eigenvalue weighted by Crippen LogP contribution is -2.36. The summed E-state index contributed by atoms with van der Waals surface area (Å²) in [4.78, 5) is 28.7. The Balaban J connectivity index is 1.23. The number of nitrogens with zero attached hydrogens (tertiary/aromatic N) is 5. The lowest BCUT2D eigenvalue weighted by molar-refractivity contribution is 0.218. The van der Waals surface area contributed by atoms with Crippen molar-refractivity contribution in [2.75, 3.05) is 30.4 Å². The van der Waals surface area contributed by atoms with Gasteiger partial charge in [-0.2, -0.15) is 4.37 Å². The molecule has 0 spiro atoms. The molecule has 2 fully saturated rings.